The Morgan fingerprint density at radius 3 is 2.46 bits per heavy atom. The van der Waals surface area contributed by atoms with Crippen molar-refractivity contribution >= 4 is 39.6 Å². The Morgan fingerprint density at radius 1 is 1.16 bits per heavy atom. The van der Waals surface area contributed by atoms with Crippen LogP contribution < -0.4 is 0 Å². The molecule has 3 fully saturated rings. The van der Waals surface area contributed by atoms with Crippen LogP contribution in [0.25, 0.3) is 0 Å². The first-order chi connectivity index (χ1) is 23.9. The van der Waals surface area contributed by atoms with E-state index in [1.165, 1.54) is 0 Å². The van der Waals surface area contributed by atoms with Gasteiger partial charge in [-0.2, -0.15) is 0 Å². The normalized spacial score (nSPS) is 27.6. The summed E-state index contributed by atoms with van der Waals surface area (Å²) in [6.07, 6.45) is 6.38. The van der Waals surface area contributed by atoms with E-state index in [2.05, 4.69) is 36.0 Å². The average Bonchev–Trinajstić information content (AvgIpc) is 3.72. The van der Waals surface area contributed by atoms with Crippen LogP contribution >= 0.6 is 15.9 Å². The second-order valence-electron chi connectivity index (χ2n) is 14.2. The second kappa shape index (κ2) is 17.5. The van der Waals surface area contributed by atoms with Crippen molar-refractivity contribution in [3.8, 4) is 0 Å². The summed E-state index contributed by atoms with van der Waals surface area (Å²) >= 11 is 3.76. The number of rotatable bonds is 19. The van der Waals surface area contributed by atoms with Gasteiger partial charge in [-0.3, -0.25) is 19.2 Å². The van der Waals surface area contributed by atoms with Crippen LogP contribution in [0.3, 0.4) is 0 Å². The van der Waals surface area contributed by atoms with Gasteiger partial charge < -0.3 is 29.3 Å². The predicted molar refractivity (Wildman–Crippen MR) is 196 cm³/mol. The Morgan fingerprint density at radius 2 is 1.86 bits per heavy atom. The first kappa shape index (κ1) is 39.8. The van der Waals surface area contributed by atoms with Gasteiger partial charge in [0.1, 0.15) is 17.7 Å². The minimum Gasteiger partial charge on any atom is -0.455 e. The van der Waals surface area contributed by atoms with Gasteiger partial charge >= 0.3 is 5.97 Å². The molecule has 11 heteroatoms. The summed E-state index contributed by atoms with van der Waals surface area (Å²) in [5, 5.41) is 10.7. The van der Waals surface area contributed by atoms with Gasteiger partial charge in [-0.15, -0.1) is 13.2 Å². The number of fused-ring (bicyclic) bond motifs is 1. The number of ether oxygens (including phenoxy) is 2. The second-order valence-corrected chi connectivity index (χ2v) is 15.3. The number of esters is 1. The van der Waals surface area contributed by atoms with Crippen molar-refractivity contribution < 1.29 is 33.8 Å². The van der Waals surface area contributed by atoms with Crippen molar-refractivity contribution in [2.24, 2.45) is 17.8 Å². The molecule has 0 saturated carbocycles. The summed E-state index contributed by atoms with van der Waals surface area (Å²) < 4.78 is 13.1. The summed E-state index contributed by atoms with van der Waals surface area (Å²) in [5.41, 5.74) is -0.588. The maximum Gasteiger partial charge on any atom is 0.313 e. The predicted octanol–water partition coefficient (Wildman–Crippen LogP) is 5.44. The van der Waals surface area contributed by atoms with Crippen LogP contribution in [0.5, 0.6) is 0 Å². The minimum absolute atomic E-state index is 0.108. The van der Waals surface area contributed by atoms with E-state index in [-0.39, 0.29) is 41.5 Å². The Labute approximate surface area is 306 Å². The molecule has 276 valence electrons. The van der Waals surface area contributed by atoms with Gasteiger partial charge in [0.2, 0.25) is 17.7 Å². The van der Waals surface area contributed by atoms with Crippen LogP contribution in [0.4, 0.5) is 0 Å². The molecule has 10 nitrogen and oxygen atoms in total. The fourth-order valence-corrected chi connectivity index (χ4v) is 9.03. The number of alkyl halides is 1. The average molecular weight is 759 g/mol. The van der Waals surface area contributed by atoms with E-state index in [0.29, 0.717) is 37.9 Å². The van der Waals surface area contributed by atoms with Gasteiger partial charge in [-0.1, -0.05) is 98.4 Å². The van der Waals surface area contributed by atoms with Gasteiger partial charge in [0, 0.05) is 31.4 Å². The van der Waals surface area contributed by atoms with E-state index in [1.807, 2.05) is 51.1 Å². The molecule has 3 aliphatic heterocycles. The Balaban J connectivity index is 1.76. The lowest BCUT2D eigenvalue weighted by Crippen LogP contribution is -2.60. The van der Waals surface area contributed by atoms with E-state index in [9.17, 15) is 24.3 Å². The topological polar surface area (TPSA) is 117 Å². The molecule has 2 bridgehead atoms. The van der Waals surface area contributed by atoms with E-state index >= 15 is 0 Å². The number of aliphatic hydroxyl groups excluding tert-OH is 1. The lowest BCUT2D eigenvalue weighted by atomic mass is 9.70. The molecule has 0 radical (unpaired) electrons. The maximum atomic E-state index is 14.8. The first-order valence-corrected chi connectivity index (χ1v) is 19.1. The number of carbonyl (C=O) groups is 4. The molecule has 1 spiro atoms. The molecule has 3 saturated heterocycles. The van der Waals surface area contributed by atoms with Gasteiger partial charge in [-0.05, 0) is 37.7 Å². The molecule has 0 aromatic heterocycles. The molecule has 10 atom stereocenters. The summed E-state index contributed by atoms with van der Waals surface area (Å²) in [7, 11) is 1.69. The SMILES string of the molecule is C=CCCC(=O)N(C)[C@H](C)[C@H](OC(=O)[C@H]1[C@@H]2O[C@@]3(CC2Br)[C@@H]1C(=O)N([C@@H](CO)[C@@H](C)CC)[C@@H]3C(=O)N(CC=C)CCCCC)c1ccccc1. The fraction of sp³-hybridized carbons (Fsp3) is 0.641. The van der Waals surface area contributed by atoms with Crippen molar-refractivity contribution in [3.63, 3.8) is 0 Å². The number of benzene rings is 1. The standard InChI is InChI=1S/C39H56BrN3O7/c1-8-12-17-22-42(21-10-3)37(47)35-39-23-28(40)34(50-39)31(32(39)36(46)43(35)29(24-44)25(5)11-4)38(48)49-33(27-18-15-14-16-19-27)26(6)41(7)30(45)20-13-9-2/h9-10,14-16,18-19,25-26,28-29,31-35,44H,2-3,8,11-13,17,20-24H2,1,4-7H3/t25-,26+,28?,29-,31+,32-,33-,34+,35+,39-/m0/s1. The smallest absolute Gasteiger partial charge is 0.313 e. The number of nitrogens with zero attached hydrogens (tertiary/aromatic N) is 3. The zero-order valence-corrected chi connectivity index (χ0v) is 31.9. The summed E-state index contributed by atoms with van der Waals surface area (Å²) in [6, 6.07) is 7.05. The highest BCUT2D eigenvalue weighted by Crippen LogP contribution is 2.61. The largest absolute Gasteiger partial charge is 0.455 e. The molecular weight excluding hydrogens is 702 g/mol. The highest BCUT2D eigenvalue weighted by molar-refractivity contribution is 9.09. The number of carbonyl (C=O) groups excluding carboxylic acids is 4. The molecule has 3 amide bonds. The van der Waals surface area contributed by atoms with E-state index in [1.54, 1.807) is 33.9 Å². The Bertz CT molecular complexity index is 1380. The lowest BCUT2D eigenvalue weighted by Gasteiger charge is -2.41. The van der Waals surface area contributed by atoms with Gasteiger partial charge in [0.15, 0.2) is 0 Å². The molecule has 1 unspecified atom stereocenters. The van der Waals surface area contributed by atoms with Crippen LogP contribution in [0, 0.1) is 17.8 Å². The number of likely N-dealkylation sites (N-methyl/N-ethyl adjacent to an activating group) is 1. The van der Waals surface area contributed by atoms with Gasteiger partial charge in [0.05, 0.1) is 36.6 Å². The van der Waals surface area contributed by atoms with E-state index in [0.717, 1.165) is 19.3 Å². The van der Waals surface area contributed by atoms with Gasteiger partial charge in [0.25, 0.3) is 0 Å². The molecular formula is C39H56BrN3O7. The number of amides is 3. The molecule has 3 aliphatic rings. The number of unbranched alkanes of at least 4 members (excludes halogenated alkanes) is 2. The highest BCUT2D eigenvalue weighted by Gasteiger charge is 2.77. The molecule has 50 heavy (non-hydrogen) atoms. The van der Waals surface area contributed by atoms with E-state index < -0.39 is 53.7 Å². The number of hydrogen-bond donors (Lipinski definition) is 1. The fourth-order valence-electron chi connectivity index (χ4n) is 8.08. The summed E-state index contributed by atoms with van der Waals surface area (Å²) in [5.74, 6) is -3.48. The summed E-state index contributed by atoms with van der Waals surface area (Å²) in [4.78, 5) is 61.7. The third-order valence-electron chi connectivity index (χ3n) is 11.1. The van der Waals surface area contributed by atoms with Gasteiger partial charge in [-0.25, -0.2) is 0 Å². The number of hydrogen-bond acceptors (Lipinski definition) is 7. The zero-order valence-electron chi connectivity index (χ0n) is 30.3. The van der Waals surface area contributed by atoms with Crippen LogP contribution in [0.15, 0.2) is 55.6 Å². The molecule has 3 heterocycles. The minimum atomic E-state index is -1.30. The third kappa shape index (κ3) is 7.60. The molecule has 4 rings (SSSR count). The third-order valence-corrected chi connectivity index (χ3v) is 12.0. The Hall–Kier alpha value is -3.02. The lowest BCUT2D eigenvalue weighted by molar-refractivity contribution is -0.165. The van der Waals surface area contributed by atoms with Crippen LogP contribution in [0.2, 0.25) is 0 Å². The molecule has 0 aliphatic carbocycles. The van der Waals surface area contributed by atoms with Crippen LogP contribution in [-0.2, 0) is 28.7 Å². The number of likely N-dealkylation sites (tertiary alicyclic amines) is 1. The molecule has 1 N–H and O–H groups in total. The Kier molecular flexibility index (Phi) is 13.9. The van der Waals surface area contributed by atoms with Crippen molar-refractivity contribution in [1.82, 2.24) is 14.7 Å². The zero-order chi connectivity index (χ0) is 36.7. The van der Waals surface area contributed by atoms with Crippen molar-refractivity contribution in [1.29, 1.82) is 0 Å². The van der Waals surface area contributed by atoms with Crippen molar-refractivity contribution in [2.45, 2.75) is 113 Å². The maximum absolute atomic E-state index is 14.8. The van der Waals surface area contributed by atoms with Crippen LogP contribution in [-0.4, -0.2) is 105 Å². The van der Waals surface area contributed by atoms with Crippen LogP contribution in [0.1, 0.15) is 84.3 Å². The number of allylic oxidation sites excluding steroid dienone is 1. The van der Waals surface area contributed by atoms with E-state index in [4.69, 9.17) is 9.47 Å². The number of aliphatic hydroxyl groups is 1. The van der Waals surface area contributed by atoms with Crippen molar-refractivity contribution in [2.75, 3.05) is 26.7 Å². The summed E-state index contributed by atoms with van der Waals surface area (Å²) in [6.45, 7) is 15.9. The highest BCUT2D eigenvalue weighted by atomic mass is 79.9. The quantitative estimate of drug-likeness (QED) is 0.0865. The monoisotopic (exact) mass is 757 g/mol. The number of halogens is 1. The molecule has 1 aromatic rings. The molecule has 1 aromatic carbocycles. The first-order valence-electron chi connectivity index (χ1n) is 18.2. The van der Waals surface area contributed by atoms with Crippen molar-refractivity contribution in [3.05, 3.63) is 61.2 Å².